The first-order chi connectivity index (χ1) is 10.2. The van der Waals surface area contributed by atoms with Crippen LogP contribution in [0.4, 0.5) is 0 Å². The Labute approximate surface area is 143 Å². The van der Waals surface area contributed by atoms with Crippen LogP contribution in [0.5, 0.6) is 0 Å². The van der Waals surface area contributed by atoms with Gasteiger partial charge >= 0.3 is 0 Å². The number of hydrogen-bond donors (Lipinski definition) is 0. The average Bonchev–Trinajstić information content (AvgIpc) is 2.36. The summed E-state index contributed by atoms with van der Waals surface area (Å²) >= 11 is 12.8. The van der Waals surface area contributed by atoms with Gasteiger partial charge in [-0.1, -0.05) is 44.0 Å². The van der Waals surface area contributed by atoms with Gasteiger partial charge in [-0.2, -0.15) is 0 Å². The van der Waals surface area contributed by atoms with Crippen LogP contribution in [0.2, 0.25) is 10.0 Å². The molecule has 0 N–H and O–H groups in total. The Kier molecular flexibility index (Phi) is 5.41. The number of halogens is 2. The fraction of sp³-hybridized carbons (Fsp3) is 0.588. The van der Waals surface area contributed by atoms with E-state index in [0.717, 1.165) is 37.3 Å². The van der Waals surface area contributed by atoms with E-state index in [0.29, 0.717) is 16.5 Å². The van der Waals surface area contributed by atoms with Gasteiger partial charge < -0.3 is 9.80 Å². The minimum atomic E-state index is -0.117. The lowest BCUT2D eigenvalue weighted by molar-refractivity contribution is -0.132. The van der Waals surface area contributed by atoms with Crippen LogP contribution in [0.3, 0.4) is 0 Å². The molecule has 0 aromatic heterocycles. The zero-order valence-corrected chi connectivity index (χ0v) is 15.3. The predicted molar refractivity (Wildman–Crippen MR) is 92.9 cm³/mol. The molecule has 1 aromatic carbocycles. The molecule has 1 saturated heterocycles. The van der Waals surface area contributed by atoms with E-state index >= 15 is 0 Å². The highest BCUT2D eigenvalue weighted by molar-refractivity contribution is 6.36. The lowest BCUT2D eigenvalue weighted by Crippen LogP contribution is -2.47. The molecule has 1 amide bonds. The Balaban J connectivity index is 2.12. The third-order valence-corrected chi connectivity index (χ3v) is 4.66. The van der Waals surface area contributed by atoms with E-state index in [2.05, 4.69) is 32.7 Å². The van der Waals surface area contributed by atoms with Crippen molar-refractivity contribution in [2.75, 3.05) is 33.2 Å². The summed E-state index contributed by atoms with van der Waals surface area (Å²) < 4.78 is 0. The lowest BCUT2D eigenvalue weighted by atomic mass is 9.86. The Morgan fingerprint density at radius 3 is 2.05 bits per heavy atom. The normalized spacial score (nSPS) is 16.9. The number of likely N-dealkylation sites (N-methyl/N-ethyl adjacent to an activating group) is 1. The Hall–Kier alpha value is -0.770. The van der Waals surface area contributed by atoms with Gasteiger partial charge in [0.1, 0.15) is 0 Å². The number of carbonyl (C=O) groups is 1. The van der Waals surface area contributed by atoms with Gasteiger partial charge in [0.25, 0.3) is 0 Å². The number of rotatable bonds is 2. The Bertz CT molecular complexity index is 535. The second-order valence-corrected chi connectivity index (χ2v) is 7.86. The molecule has 0 bridgehead atoms. The molecule has 0 unspecified atom stereocenters. The van der Waals surface area contributed by atoms with Crippen molar-refractivity contribution in [2.45, 2.75) is 32.6 Å². The summed E-state index contributed by atoms with van der Waals surface area (Å²) in [6.07, 6.45) is 0.355. The highest BCUT2D eigenvalue weighted by atomic mass is 35.5. The highest BCUT2D eigenvalue weighted by Gasteiger charge is 2.23. The molecule has 1 aliphatic heterocycles. The predicted octanol–water partition coefficient (Wildman–Crippen LogP) is 3.61. The van der Waals surface area contributed by atoms with Gasteiger partial charge in [0.2, 0.25) is 5.91 Å². The fourth-order valence-electron chi connectivity index (χ4n) is 2.79. The number of benzene rings is 1. The zero-order valence-electron chi connectivity index (χ0n) is 13.7. The molecule has 1 heterocycles. The standard InChI is InChI=1S/C17H24Cl2N2O/c1-17(2,3)16-13(18)9-12(10-14(16)19)11-15(22)21-7-5-20(4)6-8-21/h9-10H,5-8,11H2,1-4H3. The molecule has 3 nitrogen and oxygen atoms in total. The minimum Gasteiger partial charge on any atom is -0.340 e. The second-order valence-electron chi connectivity index (χ2n) is 7.05. The number of carbonyl (C=O) groups excluding carboxylic acids is 1. The summed E-state index contributed by atoms with van der Waals surface area (Å²) in [6, 6.07) is 3.75. The molecule has 0 radical (unpaired) electrons. The molecule has 2 rings (SSSR count). The fourth-order valence-corrected chi connectivity index (χ4v) is 3.89. The quantitative estimate of drug-likeness (QED) is 0.819. The van der Waals surface area contributed by atoms with E-state index in [1.54, 1.807) is 0 Å². The maximum Gasteiger partial charge on any atom is 0.227 e. The van der Waals surface area contributed by atoms with E-state index in [1.165, 1.54) is 0 Å². The topological polar surface area (TPSA) is 23.6 Å². The molecule has 0 aliphatic carbocycles. The summed E-state index contributed by atoms with van der Waals surface area (Å²) in [5.41, 5.74) is 1.70. The lowest BCUT2D eigenvalue weighted by Gasteiger charge is -2.32. The van der Waals surface area contributed by atoms with Crippen molar-refractivity contribution >= 4 is 29.1 Å². The first-order valence-corrected chi connectivity index (χ1v) is 8.39. The van der Waals surface area contributed by atoms with Crippen molar-refractivity contribution in [1.29, 1.82) is 0 Å². The van der Waals surface area contributed by atoms with Gasteiger partial charge in [-0.25, -0.2) is 0 Å². The molecule has 0 saturated carbocycles. The molecule has 1 aliphatic rings. The van der Waals surface area contributed by atoms with Crippen LogP contribution in [0, 0.1) is 0 Å². The summed E-state index contributed by atoms with van der Waals surface area (Å²) in [4.78, 5) is 16.5. The van der Waals surface area contributed by atoms with Crippen LogP contribution < -0.4 is 0 Å². The first kappa shape index (κ1) is 17.6. The van der Waals surface area contributed by atoms with E-state index in [4.69, 9.17) is 23.2 Å². The number of nitrogens with zero attached hydrogens (tertiary/aromatic N) is 2. The SMILES string of the molecule is CN1CCN(C(=O)Cc2cc(Cl)c(C(C)(C)C)c(Cl)c2)CC1. The monoisotopic (exact) mass is 342 g/mol. The van der Waals surface area contributed by atoms with Crippen molar-refractivity contribution in [2.24, 2.45) is 0 Å². The van der Waals surface area contributed by atoms with Gasteiger partial charge in [-0.05, 0) is 35.7 Å². The molecule has 22 heavy (non-hydrogen) atoms. The van der Waals surface area contributed by atoms with E-state index in [9.17, 15) is 4.79 Å². The van der Waals surface area contributed by atoms with Crippen LogP contribution >= 0.6 is 23.2 Å². The van der Waals surface area contributed by atoms with Gasteiger partial charge in [0.15, 0.2) is 0 Å². The zero-order chi connectivity index (χ0) is 16.5. The first-order valence-electron chi connectivity index (χ1n) is 7.63. The van der Waals surface area contributed by atoms with Crippen molar-refractivity contribution in [3.05, 3.63) is 33.3 Å². The Morgan fingerprint density at radius 1 is 1.09 bits per heavy atom. The third-order valence-electron chi connectivity index (χ3n) is 4.06. The molecule has 5 heteroatoms. The van der Waals surface area contributed by atoms with Crippen molar-refractivity contribution < 1.29 is 4.79 Å². The van der Waals surface area contributed by atoms with E-state index < -0.39 is 0 Å². The molecule has 0 spiro atoms. The van der Waals surface area contributed by atoms with Crippen LogP contribution in [-0.4, -0.2) is 48.9 Å². The smallest absolute Gasteiger partial charge is 0.227 e. The second kappa shape index (κ2) is 6.77. The molecule has 1 fully saturated rings. The summed E-state index contributed by atoms with van der Waals surface area (Å²) in [7, 11) is 2.08. The maximum absolute atomic E-state index is 12.4. The molecule has 0 atom stereocenters. The van der Waals surface area contributed by atoms with Crippen LogP contribution in [0.1, 0.15) is 31.9 Å². The van der Waals surface area contributed by atoms with Crippen molar-refractivity contribution in [3.8, 4) is 0 Å². The largest absolute Gasteiger partial charge is 0.340 e. The summed E-state index contributed by atoms with van der Waals surface area (Å²) in [5, 5.41) is 1.28. The van der Waals surface area contributed by atoms with Crippen molar-refractivity contribution in [3.63, 3.8) is 0 Å². The minimum absolute atomic E-state index is 0.117. The molecule has 122 valence electrons. The van der Waals surface area contributed by atoms with Gasteiger partial charge in [-0.3, -0.25) is 4.79 Å². The third kappa shape index (κ3) is 4.15. The Morgan fingerprint density at radius 2 is 1.59 bits per heavy atom. The number of amides is 1. The van der Waals surface area contributed by atoms with Crippen LogP contribution in [-0.2, 0) is 16.6 Å². The highest BCUT2D eigenvalue weighted by Crippen LogP contribution is 2.36. The van der Waals surface area contributed by atoms with Crippen LogP contribution in [0.15, 0.2) is 12.1 Å². The number of hydrogen-bond acceptors (Lipinski definition) is 2. The van der Waals surface area contributed by atoms with Crippen molar-refractivity contribution in [1.82, 2.24) is 9.80 Å². The van der Waals surface area contributed by atoms with Gasteiger partial charge in [0, 0.05) is 36.2 Å². The van der Waals surface area contributed by atoms with Gasteiger partial charge in [0.05, 0.1) is 6.42 Å². The van der Waals surface area contributed by atoms with E-state index in [1.807, 2.05) is 17.0 Å². The maximum atomic E-state index is 12.4. The summed E-state index contributed by atoms with van der Waals surface area (Å²) in [6.45, 7) is 9.67. The molecular formula is C17H24Cl2N2O. The molecular weight excluding hydrogens is 319 g/mol. The molecule has 1 aromatic rings. The van der Waals surface area contributed by atoms with Crippen LogP contribution in [0.25, 0.3) is 0 Å². The van der Waals surface area contributed by atoms with E-state index in [-0.39, 0.29) is 11.3 Å². The summed E-state index contributed by atoms with van der Waals surface area (Å²) in [5.74, 6) is 0.142. The number of piperazine rings is 1. The van der Waals surface area contributed by atoms with Gasteiger partial charge in [-0.15, -0.1) is 0 Å². The average molecular weight is 343 g/mol.